The summed E-state index contributed by atoms with van der Waals surface area (Å²) in [6, 6.07) is -0.388. The van der Waals surface area contributed by atoms with Gasteiger partial charge in [0.2, 0.25) is 11.8 Å². The van der Waals surface area contributed by atoms with Crippen molar-refractivity contribution < 1.29 is 9.59 Å². The zero-order valence-electron chi connectivity index (χ0n) is 8.47. The number of amides is 2. The average molecular weight is 184 g/mol. The first-order valence-corrected chi connectivity index (χ1v) is 4.47. The summed E-state index contributed by atoms with van der Waals surface area (Å²) in [5, 5.41) is 5.39. The lowest BCUT2D eigenvalue weighted by molar-refractivity contribution is -0.141. The highest BCUT2D eigenvalue weighted by atomic mass is 16.2. The Labute approximate surface area is 78.1 Å². The Morgan fingerprint density at radius 2 is 1.85 bits per heavy atom. The van der Waals surface area contributed by atoms with Crippen LogP contribution in [-0.4, -0.2) is 23.4 Å². The van der Waals surface area contributed by atoms with Crippen LogP contribution in [0.25, 0.3) is 0 Å². The second kappa shape index (κ2) is 3.01. The minimum absolute atomic E-state index is 0.0976. The molecule has 1 fully saturated rings. The van der Waals surface area contributed by atoms with Crippen molar-refractivity contribution in [3.05, 3.63) is 0 Å². The molecule has 1 atom stereocenters. The number of carbonyl (C=O) groups excluding carboxylic acids is 2. The first kappa shape index (κ1) is 10.0. The number of hydrogen-bond donors (Lipinski definition) is 2. The molecule has 0 aromatic rings. The van der Waals surface area contributed by atoms with E-state index in [2.05, 4.69) is 10.6 Å². The SMILES string of the molecule is CC(C)[C@@H]1NC(=O)C(C)(C)NC1=O. The van der Waals surface area contributed by atoms with Gasteiger partial charge in [0.25, 0.3) is 0 Å². The number of piperazine rings is 1. The Morgan fingerprint density at radius 1 is 1.31 bits per heavy atom. The van der Waals surface area contributed by atoms with Crippen LogP contribution in [-0.2, 0) is 9.59 Å². The van der Waals surface area contributed by atoms with Gasteiger partial charge in [-0.15, -0.1) is 0 Å². The highest BCUT2D eigenvalue weighted by Gasteiger charge is 2.40. The number of carbonyl (C=O) groups is 2. The molecule has 1 aliphatic heterocycles. The molecule has 4 heteroatoms. The highest BCUT2D eigenvalue weighted by Crippen LogP contribution is 2.13. The van der Waals surface area contributed by atoms with Gasteiger partial charge in [-0.2, -0.15) is 0 Å². The minimum atomic E-state index is -0.775. The third-order valence-electron chi connectivity index (χ3n) is 2.24. The van der Waals surface area contributed by atoms with Gasteiger partial charge >= 0.3 is 0 Å². The largest absolute Gasteiger partial charge is 0.342 e. The Bertz CT molecular complexity index is 246. The van der Waals surface area contributed by atoms with Crippen LogP contribution in [0, 0.1) is 5.92 Å². The van der Waals surface area contributed by atoms with Crippen LogP contribution in [0.4, 0.5) is 0 Å². The summed E-state index contributed by atoms with van der Waals surface area (Å²) in [6.07, 6.45) is 0. The predicted molar refractivity (Wildman–Crippen MR) is 49.0 cm³/mol. The van der Waals surface area contributed by atoms with Crippen molar-refractivity contribution in [2.24, 2.45) is 5.92 Å². The van der Waals surface area contributed by atoms with E-state index in [1.807, 2.05) is 13.8 Å². The zero-order chi connectivity index (χ0) is 10.2. The first-order valence-electron chi connectivity index (χ1n) is 4.47. The molecule has 0 unspecified atom stereocenters. The van der Waals surface area contributed by atoms with Crippen molar-refractivity contribution in [3.63, 3.8) is 0 Å². The maximum Gasteiger partial charge on any atom is 0.245 e. The lowest BCUT2D eigenvalue weighted by Gasteiger charge is -2.36. The monoisotopic (exact) mass is 184 g/mol. The molecule has 1 heterocycles. The Kier molecular flexibility index (Phi) is 2.32. The number of rotatable bonds is 1. The fourth-order valence-electron chi connectivity index (χ4n) is 1.30. The predicted octanol–water partition coefficient (Wildman–Crippen LogP) is 0.0356. The van der Waals surface area contributed by atoms with E-state index in [9.17, 15) is 9.59 Å². The summed E-state index contributed by atoms with van der Waals surface area (Å²) < 4.78 is 0. The van der Waals surface area contributed by atoms with Crippen LogP contribution in [0.2, 0.25) is 0 Å². The fraction of sp³-hybridized carbons (Fsp3) is 0.778. The third-order valence-corrected chi connectivity index (χ3v) is 2.24. The summed E-state index contributed by atoms with van der Waals surface area (Å²) in [6.45, 7) is 7.19. The van der Waals surface area contributed by atoms with E-state index in [-0.39, 0.29) is 23.8 Å². The van der Waals surface area contributed by atoms with Gasteiger partial charge in [-0.25, -0.2) is 0 Å². The molecule has 2 amide bonds. The van der Waals surface area contributed by atoms with Gasteiger partial charge in [0.05, 0.1) is 0 Å². The smallest absolute Gasteiger partial charge is 0.245 e. The summed E-state index contributed by atoms with van der Waals surface area (Å²) in [5.41, 5.74) is -0.775. The quantitative estimate of drug-likeness (QED) is 0.604. The van der Waals surface area contributed by atoms with Crippen LogP contribution in [0.3, 0.4) is 0 Å². The zero-order valence-corrected chi connectivity index (χ0v) is 8.47. The van der Waals surface area contributed by atoms with E-state index >= 15 is 0 Å². The number of hydrogen-bond acceptors (Lipinski definition) is 2. The molecule has 0 saturated carbocycles. The Morgan fingerprint density at radius 3 is 2.31 bits per heavy atom. The molecule has 0 radical (unpaired) electrons. The molecule has 0 aliphatic carbocycles. The summed E-state index contributed by atoms with van der Waals surface area (Å²) in [4.78, 5) is 22.9. The summed E-state index contributed by atoms with van der Waals surface area (Å²) >= 11 is 0. The van der Waals surface area contributed by atoms with Gasteiger partial charge < -0.3 is 10.6 Å². The molecule has 0 aromatic carbocycles. The van der Waals surface area contributed by atoms with Crippen LogP contribution in [0.5, 0.6) is 0 Å². The van der Waals surface area contributed by atoms with Crippen molar-refractivity contribution in [1.29, 1.82) is 0 Å². The maximum atomic E-state index is 11.5. The lowest BCUT2D eigenvalue weighted by atomic mass is 9.94. The molecule has 13 heavy (non-hydrogen) atoms. The maximum absolute atomic E-state index is 11.5. The molecule has 4 nitrogen and oxygen atoms in total. The van der Waals surface area contributed by atoms with Crippen LogP contribution < -0.4 is 10.6 Å². The van der Waals surface area contributed by atoms with Crippen LogP contribution >= 0.6 is 0 Å². The topological polar surface area (TPSA) is 58.2 Å². The van der Waals surface area contributed by atoms with Crippen molar-refractivity contribution in [2.75, 3.05) is 0 Å². The van der Waals surface area contributed by atoms with Gasteiger partial charge in [0.1, 0.15) is 11.6 Å². The standard InChI is InChI=1S/C9H16N2O2/c1-5(2)6-7(12)11-9(3,4)8(13)10-6/h5-6H,1-4H3,(H,10,13)(H,11,12)/t6-/m0/s1. The second-order valence-corrected chi connectivity index (χ2v) is 4.31. The third kappa shape index (κ3) is 1.82. The molecule has 1 rings (SSSR count). The fourth-order valence-corrected chi connectivity index (χ4v) is 1.30. The molecule has 0 bridgehead atoms. The molecule has 1 saturated heterocycles. The normalized spacial score (nSPS) is 27.0. The summed E-state index contributed by atoms with van der Waals surface area (Å²) in [7, 11) is 0. The van der Waals surface area contributed by atoms with E-state index in [1.54, 1.807) is 13.8 Å². The summed E-state index contributed by atoms with van der Waals surface area (Å²) in [5.74, 6) is -0.0922. The van der Waals surface area contributed by atoms with Gasteiger partial charge in [-0.1, -0.05) is 13.8 Å². The molecule has 74 valence electrons. The molecular formula is C9H16N2O2. The lowest BCUT2D eigenvalue weighted by Crippen LogP contribution is -2.67. The van der Waals surface area contributed by atoms with Crippen molar-refractivity contribution in [2.45, 2.75) is 39.3 Å². The minimum Gasteiger partial charge on any atom is -0.342 e. The molecule has 2 N–H and O–H groups in total. The van der Waals surface area contributed by atoms with E-state index in [0.29, 0.717) is 0 Å². The first-order chi connectivity index (χ1) is 5.84. The molecule has 0 spiro atoms. The van der Waals surface area contributed by atoms with E-state index < -0.39 is 5.54 Å². The van der Waals surface area contributed by atoms with E-state index in [4.69, 9.17) is 0 Å². The van der Waals surface area contributed by atoms with Gasteiger partial charge in [0, 0.05) is 0 Å². The highest BCUT2D eigenvalue weighted by molar-refractivity contribution is 5.99. The Balaban J connectivity index is 2.80. The second-order valence-electron chi connectivity index (χ2n) is 4.31. The average Bonchev–Trinajstić information content (AvgIpc) is 1.95. The van der Waals surface area contributed by atoms with Crippen LogP contribution in [0.1, 0.15) is 27.7 Å². The van der Waals surface area contributed by atoms with Crippen molar-refractivity contribution in [3.8, 4) is 0 Å². The van der Waals surface area contributed by atoms with Crippen molar-refractivity contribution in [1.82, 2.24) is 10.6 Å². The van der Waals surface area contributed by atoms with E-state index in [0.717, 1.165) is 0 Å². The van der Waals surface area contributed by atoms with Crippen LogP contribution in [0.15, 0.2) is 0 Å². The van der Waals surface area contributed by atoms with E-state index in [1.165, 1.54) is 0 Å². The van der Waals surface area contributed by atoms with Crippen molar-refractivity contribution >= 4 is 11.8 Å². The Hall–Kier alpha value is -1.06. The van der Waals surface area contributed by atoms with Gasteiger partial charge in [-0.3, -0.25) is 9.59 Å². The molecule has 1 aliphatic rings. The van der Waals surface area contributed by atoms with Gasteiger partial charge in [0.15, 0.2) is 0 Å². The number of nitrogens with one attached hydrogen (secondary N) is 2. The van der Waals surface area contributed by atoms with Gasteiger partial charge in [-0.05, 0) is 19.8 Å². The molecule has 0 aromatic heterocycles. The molecular weight excluding hydrogens is 168 g/mol.